The molecule has 0 saturated heterocycles. The molecule has 0 aliphatic carbocycles. The number of hydrogen-bond donors (Lipinski definition) is 0. The molecule has 0 amide bonds. The summed E-state index contributed by atoms with van der Waals surface area (Å²) in [6.45, 7) is 0. The van der Waals surface area contributed by atoms with E-state index >= 15 is 0 Å². The van der Waals surface area contributed by atoms with Crippen LogP contribution in [0.15, 0.2) is 21.1 Å². The number of halogens is 3. The minimum atomic E-state index is 0.987. The zero-order valence-electron chi connectivity index (χ0n) is 4.29. The molecule has 0 N–H and O–H groups in total. The van der Waals surface area contributed by atoms with Crippen LogP contribution in [-0.2, 0) is 0 Å². The van der Waals surface area contributed by atoms with Gasteiger partial charge in [0.2, 0.25) is 0 Å². The van der Waals surface area contributed by atoms with E-state index in [-0.39, 0.29) is 0 Å². The van der Waals surface area contributed by atoms with Crippen LogP contribution < -0.4 is 0 Å². The van der Waals surface area contributed by atoms with E-state index in [1.165, 1.54) is 0 Å². The van der Waals surface area contributed by atoms with Crippen LogP contribution in [0, 0.1) is 9.64 Å². The molecule has 3 heteroatoms. The van der Waals surface area contributed by atoms with Crippen LogP contribution in [0.4, 0.5) is 0 Å². The molecule has 0 fully saturated rings. The highest BCUT2D eigenvalue weighted by Gasteiger charge is 1.92. The Hall–Kier alpha value is 0.910. The Morgan fingerprint density at radius 1 is 1.33 bits per heavy atom. The summed E-state index contributed by atoms with van der Waals surface area (Å²) >= 11 is 8.90. The van der Waals surface area contributed by atoms with Crippen LogP contribution in [0.5, 0.6) is 0 Å². The molecule has 0 aromatic heterocycles. The monoisotopic (exact) mass is 359 g/mol. The summed E-state index contributed by atoms with van der Waals surface area (Å²) < 4.78 is 3.17. The second-order valence-electron chi connectivity index (χ2n) is 1.49. The van der Waals surface area contributed by atoms with E-state index in [1.807, 2.05) is 12.1 Å². The van der Waals surface area contributed by atoms with Crippen molar-refractivity contribution in [2.24, 2.45) is 0 Å². The van der Waals surface area contributed by atoms with Gasteiger partial charge in [-0.15, -0.1) is 0 Å². The molecule has 0 atom stereocenters. The Morgan fingerprint density at radius 3 is 2.44 bits per heavy atom. The van der Waals surface area contributed by atoms with E-state index in [9.17, 15) is 0 Å². The molecule has 1 aromatic rings. The molecule has 47 valence electrons. The maximum atomic E-state index is 3.36. The van der Waals surface area contributed by atoms with Crippen molar-refractivity contribution in [2.45, 2.75) is 0 Å². The van der Waals surface area contributed by atoms with Gasteiger partial charge in [-0.1, -0.05) is 31.9 Å². The molecule has 0 nitrogen and oxygen atoms in total. The lowest BCUT2D eigenvalue weighted by Gasteiger charge is -1.92. The molecule has 1 rings (SSSR count). The normalized spacial score (nSPS) is 9.67. The summed E-state index contributed by atoms with van der Waals surface area (Å²) in [5.41, 5.74) is 0. The fourth-order valence-electron chi connectivity index (χ4n) is 0.470. The zero-order chi connectivity index (χ0) is 6.85. The summed E-state index contributed by atoms with van der Waals surface area (Å²) in [7, 11) is 0. The van der Waals surface area contributed by atoms with Crippen molar-refractivity contribution in [1.29, 1.82) is 0 Å². The molecule has 0 saturated carbocycles. The number of benzene rings is 1. The van der Waals surface area contributed by atoms with Gasteiger partial charge in [-0.2, -0.15) is 0 Å². The lowest BCUT2D eigenvalue weighted by molar-refractivity contribution is 1.54. The number of hydrogen-bond acceptors (Lipinski definition) is 0. The van der Waals surface area contributed by atoms with E-state index in [4.69, 9.17) is 0 Å². The van der Waals surface area contributed by atoms with Crippen molar-refractivity contribution in [3.8, 4) is 0 Å². The van der Waals surface area contributed by atoms with E-state index in [1.54, 1.807) is 0 Å². The largest absolute Gasteiger partial charge is 0.0508 e. The van der Waals surface area contributed by atoms with Gasteiger partial charge < -0.3 is 0 Å². The quantitative estimate of drug-likeness (QED) is 0.620. The predicted octanol–water partition coefficient (Wildman–Crippen LogP) is 3.62. The molecule has 1 aromatic carbocycles. The van der Waals surface area contributed by atoms with Crippen molar-refractivity contribution >= 4 is 54.5 Å². The third kappa shape index (κ3) is 2.55. The van der Waals surface area contributed by atoms with E-state index in [2.05, 4.69) is 60.5 Å². The Bertz CT molecular complexity index is 172. The summed E-state index contributed by atoms with van der Waals surface area (Å²) in [6.07, 6.45) is 0. The Morgan fingerprint density at radius 2 is 2.00 bits per heavy atom. The molecule has 9 heavy (non-hydrogen) atoms. The highest BCUT2D eigenvalue weighted by molar-refractivity contribution is 14.1. The lowest BCUT2D eigenvalue weighted by Crippen LogP contribution is -1.71. The minimum Gasteiger partial charge on any atom is -0.0508 e. The first kappa shape index (κ1) is 8.01. The van der Waals surface area contributed by atoms with Crippen LogP contribution in [-0.4, -0.2) is 0 Å². The van der Waals surface area contributed by atoms with Crippen LogP contribution >= 0.6 is 54.5 Å². The summed E-state index contributed by atoms with van der Waals surface area (Å²) in [6, 6.07) is 7.05. The third-order valence-corrected chi connectivity index (χ3v) is 2.23. The van der Waals surface area contributed by atoms with Gasteiger partial charge in [0.1, 0.15) is 0 Å². The SMILES string of the molecule is Brc1[c]c(I)cc(Br)c1. The highest BCUT2D eigenvalue weighted by atomic mass is 127. The van der Waals surface area contributed by atoms with Gasteiger partial charge in [0.15, 0.2) is 0 Å². The van der Waals surface area contributed by atoms with Crippen molar-refractivity contribution < 1.29 is 0 Å². The second-order valence-corrected chi connectivity index (χ2v) is 4.43. The summed E-state index contributed by atoms with van der Waals surface area (Å²) in [4.78, 5) is 0. The summed E-state index contributed by atoms with van der Waals surface area (Å²) in [5, 5.41) is 0. The van der Waals surface area contributed by atoms with Gasteiger partial charge in [-0.25, -0.2) is 0 Å². The predicted molar refractivity (Wildman–Crippen MR) is 53.4 cm³/mol. The van der Waals surface area contributed by atoms with Gasteiger partial charge >= 0.3 is 0 Å². The maximum Gasteiger partial charge on any atom is 0.0276 e. The highest BCUT2D eigenvalue weighted by Crippen LogP contribution is 2.19. The molecule has 0 aliphatic heterocycles. The van der Waals surface area contributed by atoms with Gasteiger partial charge in [-0.3, -0.25) is 0 Å². The van der Waals surface area contributed by atoms with Crippen LogP contribution in [0.1, 0.15) is 0 Å². The third-order valence-electron chi connectivity index (χ3n) is 0.768. The van der Waals surface area contributed by atoms with Gasteiger partial charge in [0, 0.05) is 18.6 Å². The van der Waals surface area contributed by atoms with Gasteiger partial charge in [0.25, 0.3) is 0 Å². The Kier molecular flexibility index (Phi) is 2.98. The Balaban J connectivity index is 3.17. The van der Waals surface area contributed by atoms with E-state index in [0.29, 0.717) is 0 Å². The van der Waals surface area contributed by atoms with Crippen LogP contribution in [0.25, 0.3) is 0 Å². The molecule has 0 aliphatic rings. The fraction of sp³-hybridized carbons (Fsp3) is 0. The molecule has 0 unspecified atom stereocenters. The fourth-order valence-corrected chi connectivity index (χ4v) is 3.12. The van der Waals surface area contributed by atoms with Gasteiger partial charge in [0.05, 0.1) is 0 Å². The van der Waals surface area contributed by atoms with Crippen molar-refractivity contribution in [3.63, 3.8) is 0 Å². The van der Waals surface area contributed by atoms with Crippen LogP contribution in [0.2, 0.25) is 0 Å². The minimum absolute atomic E-state index is 0.987. The zero-order valence-corrected chi connectivity index (χ0v) is 9.62. The Labute approximate surface area is 84.4 Å². The first-order chi connectivity index (χ1) is 4.18. The van der Waals surface area contributed by atoms with E-state index < -0.39 is 0 Å². The average molecular weight is 361 g/mol. The average Bonchev–Trinajstić information content (AvgIpc) is 1.59. The molecule has 0 heterocycles. The molecule has 1 radical (unpaired) electrons. The van der Waals surface area contributed by atoms with Gasteiger partial charge in [-0.05, 0) is 34.7 Å². The molecule has 0 spiro atoms. The smallest absolute Gasteiger partial charge is 0.0276 e. The van der Waals surface area contributed by atoms with Crippen LogP contribution in [0.3, 0.4) is 0 Å². The molecular weight excluding hydrogens is 359 g/mol. The molecule has 0 bridgehead atoms. The first-order valence-corrected chi connectivity index (χ1v) is 4.89. The molecular formula is C6H2Br2I. The lowest BCUT2D eigenvalue weighted by atomic mass is 10.4. The van der Waals surface area contributed by atoms with E-state index in [0.717, 1.165) is 12.5 Å². The second kappa shape index (κ2) is 3.34. The van der Waals surface area contributed by atoms with Crippen molar-refractivity contribution in [2.75, 3.05) is 0 Å². The first-order valence-electron chi connectivity index (χ1n) is 2.22. The number of rotatable bonds is 0. The summed E-state index contributed by atoms with van der Waals surface area (Å²) in [5.74, 6) is 0. The van der Waals surface area contributed by atoms with Crippen molar-refractivity contribution in [1.82, 2.24) is 0 Å². The standard InChI is InChI=1S/C6H2Br2I/c7-4-1-5(8)3-6(9)2-4/h1-2H. The van der Waals surface area contributed by atoms with Crippen molar-refractivity contribution in [3.05, 3.63) is 30.7 Å². The maximum absolute atomic E-state index is 3.36. The topological polar surface area (TPSA) is 0 Å².